The van der Waals surface area contributed by atoms with E-state index in [0.717, 1.165) is 10.5 Å². The van der Waals surface area contributed by atoms with Gasteiger partial charge in [-0.15, -0.1) is 0 Å². The standard InChI is InChI=1S/C19H28N6O3/c1-19(12-26,25(16(27)11-20)17(28)15-8-10-23-15)9-7-14(24-18(21)22)13-5-3-2-4-6-13/h2-6,12,14-15,23H,7-11,20H2,1H3,(H4,21,22,24)/t14?,15?,19-/m0/s1. The Hall–Kier alpha value is -2.78. The molecule has 7 N–H and O–H groups in total. The molecule has 28 heavy (non-hydrogen) atoms. The van der Waals surface area contributed by atoms with Gasteiger partial charge in [0.2, 0.25) is 11.8 Å². The molecule has 3 atom stereocenters. The third-order valence-electron chi connectivity index (χ3n) is 5.00. The van der Waals surface area contributed by atoms with Gasteiger partial charge in [0.1, 0.15) is 11.8 Å². The van der Waals surface area contributed by atoms with Crippen LogP contribution in [0.3, 0.4) is 0 Å². The van der Waals surface area contributed by atoms with Gasteiger partial charge >= 0.3 is 0 Å². The highest BCUT2D eigenvalue weighted by Gasteiger charge is 2.43. The molecule has 2 amide bonds. The molecular formula is C19H28N6O3. The lowest BCUT2D eigenvalue weighted by molar-refractivity contribution is -0.156. The summed E-state index contributed by atoms with van der Waals surface area (Å²) in [6.07, 6.45) is 1.80. The number of nitrogens with zero attached hydrogens (tertiary/aromatic N) is 1. The Morgan fingerprint density at radius 2 is 2.07 bits per heavy atom. The van der Waals surface area contributed by atoms with Gasteiger partial charge in [-0.25, -0.2) is 0 Å². The molecule has 2 rings (SSSR count). The number of rotatable bonds is 9. The summed E-state index contributed by atoms with van der Waals surface area (Å²) in [7, 11) is 0. The second kappa shape index (κ2) is 9.43. The van der Waals surface area contributed by atoms with Crippen LogP contribution in [0.15, 0.2) is 30.3 Å². The number of amides is 2. The molecule has 1 fully saturated rings. The maximum atomic E-state index is 12.8. The Kier molecular flexibility index (Phi) is 7.24. The van der Waals surface area contributed by atoms with Gasteiger partial charge in [0.25, 0.3) is 0 Å². The van der Waals surface area contributed by atoms with E-state index in [2.05, 4.69) is 10.6 Å². The fourth-order valence-corrected chi connectivity index (χ4v) is 3.26. The number of benzene rings is 1. The maximum absolute atomic E-state index is 12.8. The molecule has 0 saturated carbocycles. The molecule has 1 aromatic rings. The Balaban J connectivity index is 2.23. The molecule has 0 radical (unpaired) electrons. The monoisotopic (exact) mass is 388 g/mol. The summed E-state index contributed by atoms with van der Waals surface area (Å²) in [5.74, 6) is -1.23. The van der Waals surface area contributed by atoms with Crippen LogP contribution in [0.2, 0.25) is 0 Å². The van der Waals surface area contributed by atoms with Gasteiger partial charge in [0.05, 0.1) is 18.6 Å². The van der Waals surface area contributed by atoms with Crippen molar-refractivity contribution >= 4 is 24.1 Å². The first kappa shape index (κ1) is 21.5. The topological polar surface area (TPSA) is 154 Å². The lowest BCUT2D eigenvalue weighted by Crippen LogP contribution is -2.63. The van der Waals surface area contributed by atoms with Crippen molar-refractivity contribution in [3.63, 3.8) is 0 Å². The number of hydrogen-bond acceptors (Lipinski definition) is 6. The Morgan fingerprint density at radius 3 is 2.54 bits per heavy atom. The number of carbonyl (C=O) groups excluding carboxylic acids is 3. The van der Waals surface area contributed by atoms with Crippen LogP contribution in [-0.4, -0.2) is 53.6 Å². The number of imide groups is 1. The van der Waals surface area contributed by atoms with Gasteiger partial charge in [0, 0.05) is 0 Å². The summed E-state index contributed by atoms with van der Waals surface area (Å²) < 4.78 is 0. The lowest BCUT2D eigenvalue weighted by Gasteiger charge is -2.40. The molecule has 2 unspecified atom stereocenters. The van der Waals surface area contributed by atoms with Crippen LogP contribution in [0.25, 0.3) is 0 Å². The van der Waals surface area contributed by atoms with Crippen molar-refractivity contribution in [2.24, 2.45) is 11.5 Å². The number of guanidine groups is 1. The van der Waals surface area contributed by atoms with Crippen LogP contribution < -0.4 is 22.1 Å². The molecule has 0 aliphatic carbocycles. The van der Waals surface area contributed by atoms with E-state index in [1.54, 1.807) is 6.92 Å². The minimum atomic E-state index is -1.35. The fourth-order valence-electron chi connectivity index (χ4n) is 3.26. The molecule has 9 heteroatoms. The van der Waals surface area contributed by atoms with Gasteiger partial charge in [-0.1, -0.05) is 30.3 Å². The van der Waals surface area contributed by atoms with E-state index in [1.165, 1.54) is 0 Å². The number of aldehydes is 1. The van der Waals surface area contributed by atoms with Crippen molar-refractivity contribution < 1.29 is 14.4 Å². The third-order valence-corrected chi connectivity index (χ3v) is 5.00. The predicted octanol–water partition coefficient (Wildman–Crippen LogP) is -0.376. The average Bonchev–Trinajstić information content (AvgIpc) is 2.64. The largest absolute Gasteiger partial charge is 0.370 e. The summed E-state index contributed by atoms with van der Waals surface area (Å²) in [6, 6.07) is 8.53. The zero-order valence-corrected chi connectivity index (χ0v) is 16.0. The normalized spacial score (nSPS) is 18.9. The van der Waals surface area contributed by atoms with Gasteiger partial charge in [-0.2, -0.15) is 0 Å². The molecule has 0 bridgehead atoms. The second-order valence-electron chi connectivity index (χ2n) is 7.10. The summed E-state index contributed by atoms with van der Waals surface area (Å²) in [4.78, 5) is 38.2. The molecule has 1 aliphatic rings. The fraction of sp³-hybridized carbons (Fsp3) is 0.474. The van der Waals surface area contributed by atoms with Gasteiger partial charge in [0.15, 0.2) is 5.96 Å². The summed E-state index contributed by atoms with van der Waals surface area (Å²) in [5.41, 5.74) is 10.5. The third kappa shape index (κ3) is 4.93. The highest BCUT2D eigenvalue weighted by atomic mass is 16.2. The first-order valence-corrected chi connectivity index (χ1v) is 9.24. The summed E-state index contributed by atoms with van der Waals surface area (Å²) in [5, 5.41) is 13.4. The van der Waals surface area contributed by atoms with Crippen LogP contribution in [0.5, 0.6) is 0 Å². The van der Waals surface area contributed by atoms with Gasteiger partial charge in [-0.05, 0) is 38.3 Å². The Labute approximate surface area is 164 Å². The van der Waals surface area contributed by atoms with Crippen LogP contribution in [0, 0.1) is 5.41 Å². The molecule has 0 aromatic heterocycles. The highest BCUT2D eigenvalue weighted by Crippen LogP contribution is 2.27. The van der Waals surface area contributed by atoms with Crippen molar-refractivity contribution in [2.45, 2.75) is 43.8 Å². The van der Waals surface area contributed by atoms with Crippen LogP contribution in [0.4, 0.5) is 0 Å². The molecule has 1 saturated heterocycles. The lowest BCUT2D eigenvalue weighted by atomic mass is 9.89. The SMILES string of the molecule is C[C@@](C=O)(CCC(NC(=N)N)c1ccccc1)N(C(=O)CN)C(=O)C1CCN1. The van der Waals surface area contributed by atoms with Crippen LogP contribution >= 0.6 is 0 Å². The molecular weight excluding hydrogens is 360 g/mol. The molecule has 0 spiro atoms. The molecule has 1 aromatic carbocycles. The first-order valence-electron chi connectivity index (χ1n) is 9.24. The van der Waals surface area contributed by atoms with Gasteiger partial charge < -0.3 is 26.9 Å². The zero-order valence-electron chi connectivity index (χ0n) is 16.0. The predicted molar refractivity (Wildman–Crippen MR) is 105 cm³/mol. The van der Waals surface area contributed by atoms with Crippen molar-refractivity contribution in [1.82, 2.24) is 15.5 Å². The highest BCUT2D eigenvalue weighted by molar-refractivity contribution is 6.02. The summed E-state index contributed by atoms with van der Waals surface area (Å²) >= 11 is 0. The number of hydrogen-bond donors (Lipinski definition) is 5. The Morgan fingerprint density at radius 1 is 1.43 bits per heavy atom. The van der Waals surface area contributed by atoms with E-state index in [0.29, 0.717) is 25.7 Å². The zero-order chi connectivity index (χ0) is 20.7. The molecule has 1 heterocycles. The van der Waals surface area contributed by atoms with Gasteiger partial charge in [-0.3, -0.25) is 19.9 Å². The molecule has 1 aliphatic heterocycles. The van der Waals surface area contributed by atoms with Crippen molar-refractivity contribution in [3.8, 4) is 0 Å². The number of nitrogens with one attached hydrogen (secondary N) is 3. The van der Waals surface area contributed by atoms with E-state index in [1.807, 2.05) is 30.3 Å². The van der Waals surface area contributed by atoms with Crippen molar-refractivity contribution in [1.29, 1.82) is 5.41 Å². The molecule has 152 valence electrons. The minimum Gasteiger partial charge on any atom is -0.370 e. The number of carbonyl (C=O) groups is 3. The van der Waals surface area contributed by atoms with Crippen molar-refractivity contribution in [2.75, 3.05) is 13.1 Å². The van der Waals surface area contributed by atoms with Crippen LogP contribution in [0.1, 0.15) is 37.8 Å². The van der Waals surface area contributed by atoms with Crippen molar-refractivity contribution in [3.05, 3.63) is 35.9 Å². The molecule has 9 nitrogen and oxygen atoms in total. The quantitative estimate of drug-likeness (QED) is 0.219. The van der Waals surface area contributed by atoms with E-state index in [4.69, 9.17) is 16.9 Å². The minimum absolute atomic E-state index is 0.195. The average molecular weight is 388 g/mol. The van der Waals surface area contributed by atoms with Crippen LogP contribution in [-0.2, 0) is 14.4 Å². The second-order valence-corrected chi connectivity index (χ2v) is 7.10. The van der Waals surface area contributed by atoms with E-state index >= 15 is 0 Å². The van der Waals surface area contributed by atoms with E-state index < -0.39 is 23.4 Å². The Bertz CT molecular complexity index is 722. The first-order chi connectivity index (χ1) is 13.3. The smallest absolute Gasteiger partial charge is 0.247 e. The van der Waals surface area contributed by atoms with E-state index in [9.17, 15) is 14.4 Å². The number of nitrogens with two attached hydrogens (primary N) is 2. The van der Waals surface area contributed by atoms with E-state index in [-0.39, 0.29) is 25.0 Å². The maximum Gasteiger partial charge on any atom is 0.247 e. The summed E-state index contributed by atoms with van der Waals surface area (Å²) in [6.45, 7) is 1.88.